The summed E-state index contributed by atoms with van der Waals surface area (Å²) in [6.07, 6.45) is 3.77. The Morgan fingerprint density at radius 1 is 1.58 bits per heavy atom. The van der Waals surface area contributed by atoms with Crippen molar-refractivity contribution in [2.75, 3.05) is 5.73 Å². The van der Waals surface area contributed by atoms with E-state index in [0.29, 0.717) is 5.82 Å². The Morgan fingerprint density at radius 3 is 3.00 bits per heavy atom. The highest BCUT2D eigenvalue weighted by atomic mass is 127. The molecule has 0 aliphatic carbocycles. The van der Waals surface area contributed by atoms with Crippen LogP contribution in [-0.2, 0) is 7.05 Å². The van der Waals surface area contributed by atoms with Crippen LogP contribution in [0.4, 0.5) is 5.82 Å². The summed E-state index contributed by atoms with van der Waals surface area (Å²) in [7, 11) is 2.00. The van der Waals surface area contributed by atoms with Gasteiger partial charge < -0.3 is 10.3 Å². The first-order chi connectivity index (χ1) is 5.70. The van der Waals surface area contributed by atoms with Gasteiger partial charge in [-0.05, 0) is 28.7 Å². The third-order valence-electron chi connectivity index (χ3n) is 1.88. The number of nitrogens with two attached hydrogens (primary N) is 1. The van der Waals surface area contributed by atoms with Crippen LogP contribution in [0.2, 0.25) is 0 Å². The maximum atomic E-state index is 5.74. The average Bonchev–Trinajstić information content (AvgIpc) is 2.29. The van der Waals surface area contributed by atoms with Crippen molar-refractivity contribution < 1.29 is 0 Å². The molecule has 0 spiro atoms. The molecule has 0 atom stereocenters. The molecule has 0 bridgehead atoms. The summed E-state index contributed by atoms with van der Waals surface area (Å²) in [6.45, 7) is 0. The Hall–Kier alpha value is -0.780. The number of halogens is 1. The van der Waals surface area contributed by atoms with Crippen molar-refractivity contribution in [2.24, 2.45) is 7.05 Å². The van der Waals surface area contributed by atoms with Crippen molar-refractivity contribution in [3.8, 4) is 0 Å². The summed E-state index contributed by atoms with van der Waals surface area (Å²) in [5.41, 5.74) is 6.87. The van der Waals surface area contributed by atoms with Gasteiger partial charge in [-0.3, -0.25) is 0 Å². The molecule has 0 aliphatic rings. The number of pyridine rings is 1. The lowest BCUT2D eigenvalue weighted by atomic mass is 10.3. The van der Waals surface area contributed by atoms with E-state index in [-0.39, 0.29) is 0 Å². The zero-order chi connectivity index (χ0) is 8.72. The molecule has 0 radical (unpaired) electrons. The highest BCUT2D eigenvalue weighted by Crippen LogP contribution is 2.25. The largest absolute Gasteiger partial charge is 0.383 e. The van der Waals surface area contributed by atoms with Crippen LogP contribution in [0.3, 0.4) is 0 Å². The number of nitrogens with zero attached hydrogens (tertiary/aromatic N) is 2. The van der Waals surface area contributed by atoms with Crippen LogP contribution in [-0.4, -0.2) is 9.55 Å². The van der Waals surface area contributed by atoms with Crippen LogP contribution in [0.25, 0.3) is 10.9 Å². The third kappa shape index (κ3) is 0.979. The topological polar surface area (TPSA) is 43.8 Å². The number of rotatable bonds is 0. The second-order valence-corrected chi connectivity index (χ2v) is 3.84. The molecule has 2 aromatic rings. The highest BCUT2D eigenvalue weighted by molar-refractivity contribution is 14.1. The fourth-order valence-electron chi connectivity index (χ4n) is 1.31. The minimum Gasteiger partial charge on any atom is -0.383 e. The normalized spacial score (nSPS) is 10.8. The van der Waals surface area contributed by atoms with E-state index in [0.717, 1.165) is 14.5 Å². The molecule has 3 nitrogen and oxygen atoms in total. The van der Waals surface area contributed by atoms with Gasteiger partial charge in [0.15, 0.2) is 0 Å². The number of aromatic nitrogens is 2. The van der Waals surface area contributed by atoms with E-state index in [9.17, 15) is 0 Å². The van der Waals surface area contributed by atoms with Gasteiger partial charge in [-0.1, -0.05) is 0 Å². The van der Waals surface area contributed by atoms with E-state index in [1.807, 2.05) is 19.3 Å². The van der Waals surface area contributed by atoms with Crippen molar-refractivity contribution >= 4 is 39.3 Å². The Labute approximate surface area is 83.7 Å². The van der Waals surface area contributed by atoms with Crippen LogP contribution in [0.1, 0.15) is 0 Å². The van der Waals surface area contributed by atoms with Gasteiger partial charge in [0.2, 0.25) is 0 Å². The first-order valence-electron chi connectivity index (χ1n) is 3.55. The molecule has 2 aromatic heterocycles. The van der Waals surface area contributed by atoms with Gasteiger partial charge in [0.05, 0.1) is 10.9 Å². The fourth-order valence-corrected chi connectivity index (χ4v) is 2.28. The highest BCUT2D eigenvalue weighted by Gasteiger charge is 2.06. The molecule has 0 amide bonds. The zero-order valence-corrected chi connectivity index (χ0v) is 8.74. The Balaban J connectivity index is 2.99. The second kappa shape index (κ2) is 2.62. The predicted molar refractivity (Wildman–Crippen MR) is 57.8 cm³/mol. The molecule has 2 rings (SSSR count). The summed E-state index contributed by atoms with van der Waals surface area (Å²) in [6, 6.07) is 1.97. The smallest absolute Gasteiger partial charge is 0.133 e. The van der Waals surface area contributed by atoms with Gasteiger partial charge in [0.1, 0.15) is 5.82 Å². The van der Waals surface area contributed by atoms with Crippen LogP contribution >= 0.6 is 22.6 Å². The number of hydrogen-bond acceptors (Lipinski definition) is 2. The van der Waals surface area contributed by atoms with E-state index >= 15 is 0 Å². The summed E-state index contributed by atoms with van der Waals surface area (Å²) in [5, 5.41) is 1.06. The molecule has 2 heterocycles. The second-order valence-electron chi connectivity index (χ2n) is 2.68. The maximum Gasteiger partial charge on any atom is 0.133 e. The van der Waals surface area contributed by atoms with Gasteiger partial charge in [-0.2, -0.15) is 0 Å². The quantitative estimate of drug-likeness (QED) is 0.743. The fraction of sp³-hybridized carbons (Fsp3) is 0.125. The molecular formula is C8H8IN3. The van der Waals surface area contributed by atoms with E-state index in [1.165, 1.54) is 0 Å². The monoisotopic (exact) mass is 273 g/mol. The lowest BCUT2D eigenvalue weighted by Gasteiger charge is -1.96. The van der Waals surface area contributed by atoms with Crippen molar-refractivity contribution in [1.29, 1.82) is 0 Å². The maximum absolute atomic E-state index is 5.74. The minimum atomic E-state index is 0.609. The standard InChI is InChI=1S/C8H8IN3/c1-12-4-5(9)7-6(12)2-3-11-8(7)10/h2-4H,1H3,(H2,10,11). The number of hydrogen-bond donors (Lipinski definition) is 1. The molecular weight excluding hydrogens is 265 g/mol. The predicted octanol–water partition coefficient (Wildman–Crippen LogP) is 1.76. The van der Waals surface area contributed by atoms with Crippen molar-refractivity contribution in [2.45, 2.75) is 0 Å². The van der Waals surface area contributed by atoms with Crippen molar-refractivity contribution in [3.63, 3.8) is 0 Å². The average molecular weight is 273 g/mol. The molecule has 0 unspecified atom stereocenters. The van der Waals surface area contributed by atoms with Crippen LogP contribution < -0.4 is 5.73 Å². The summed E-state index contributed by atoms with van der Waals surface area (Å²) in [4.78, 5) is 4.04. The minimum absolute atomic E-state index is 0.609. The van der Waals surface area contributed by atoms with E-state index < -0.39 is 0 Å². The molecule has 12 heavy (non-hydrogen) atoms. The van der Waals surface area contributed by atoms with E-state index in [1.54, 1.807) is 6.20 Å². The van der Waals surface area contributed by atoms with Crippen LogP contribution in [0.5, 0.6) is 0 Å². The molecule has 0 aliphatic heterocycles. The zero-order valence-electron chi connectivity index (χ0n) is 6.58. The van der Waals surface area contributed by atoms with Gasteiger partial charge in [0.25, 0.3) is 0 Å². The van der Waals surface area contributed by atoms with Gasteiger partial charge in [-0.25, -0.2) is 4.98 Å². The summed E-state index contributed by atoms with van der Waals surface area (Å²) >= 11 is 2.26. The van der Waals surface area contributed by atoms with Gasteiger partial charge in [0, 0.05) is 23.0 Å². The molecule has 0 saturated carbocycles. The number of anilines is 1. The molecule has 2 N–H and O–H groups in total. The first kappa shape index (κ1) is 7.85. The SMILES string of the molecule is Cn1cc(I)c2c(N)nccc21. The number of nitrogen functional groups attached to an aromatic ring is 1. The van der Waals surface area contributed by atoms with Crippen LogP contribution in [0.15, 0.2) is 18.5 Å². The summed E-state index contributed by atoms with van der Waals surface area (Å²) < 4.78 is 3.20. The van der Waals surface area contributed by atoms with Gasteiger partial charge in [-0.15, -0.1) is 0 Å². The Bertz CT molecular complexity index is 433. The molecule has 0 saturated heterocycles. The Morgan fingerprint density at radius 2 is 2.33 bits per heavy atom. The molecule has 0 aromatic carbocycles. The van der Waals surface area contributed by atoms with Crippen LogP contribution in [0, 0.1) is 3.57 Å². The van der Waals surface area contributed by atoms with E-state index in [4.69, 9.17) is 5.73 Å². The molecule has 0 fully saturated rings. The summed E-state index contributed by atoms with van der Waals surface area (Å²) in [5.74, 6) is 0.609. The Kier molecular flexibility index (Phi) is 1.71. The number of fused-ring (bicyclic) bond motifs is 1. The third-order valence-corrected chi connectivity index (χ3v) is 2.70. The molecule has 4 heteroatoms. The first-order valence-corrected chi connectivity index (χ1v) is 4.63. The van der Waals surface area contributed by atoms with Crippen molar-refractivity contribution in [1.82, 2.24) is 9.55 Å². The number of aryl methyl sites for hydroxylation is 1. The van der Waals surface area contributed by atoms with E-state index in [2.05, 4.69) is 32.1 Å². The lowest BCUT2D eigenvalue weighted by Crippen LogP contribution is -1.91. The molecule has 62 valence electrons. The lowest BCUT2D eigenvalue weighted by molar-refractivity contribution is 0.965. The van der Waals surface area contributed by atoms with Crippen molar-refractivity contribution in [3.05, 3.63) is 22.0 Å². The van der Waals surface area contributed by atoms with Gasteiger partial charge >= 0.3 is 0 Å².